The van der Waals surface area contributed by atoms with Crippen molar-refractivity contribution in [2.75, 3.05) is 4.90 Å². The zero-order valence-electron chi connectivity index (χ0n) is 22.9. The van der Waals surface area contributed by atoms with Crippen LogP contribution < -0.4 is 9.64 Å². The molecule has 4 atom stereocenters. The number of anilines is 1. The maximum absolute atomic E-state index is 13.9. The number of allylic oxidation sites excluding steroid dienone is 6. The Morgan fingerprint density at radius 1 is 0.884 bits per heavy atom. The van der Waals surface area contributed by atoms with Gasteiger partial charge in [-0.15, -0.1) is 0 Å². The molecule has 0 unspecified atom stereocenters. The summed E-state index contributed by atoms with van der Waals surface area (Å²) in [7, 11) is 0. The van der Waals surface area contributed by atoms with E-state index in [1.54, 1.807) is 36.4 Å². The Labute approximate surface area is 256 Å². The normalized spacial score (nSPS) is 24.7. The lowest BCUT2D eigenvalue weighted by Gasteiger charge is -2.42. The third kappa shape index (κ3) is 4.48. The third-order valence-corrected chi connectivity index (χ3v) is 9.50. The highest BCUT2D eigenvalue weighted by Gasteiger charge is 2.56. The average molecular weight is 636 g/mol. The van der Waals surface area contributed by atoms with E-state index in [1.165, 1.54) is 17.0 Å². The number of fused-ring (bicyclic) bond motifs is 3. The lowest BCUT2D eigenvalue weighted by molar-refractivity contribution is -0.123. The number of rotatable bonds is 5. The molecule has 3 aliphatic carbocycles. The Bertz CT molecular complexity index is 1790. The molecule has 43 heavy (non-hydrogen) atoms. The third-order valence-electron chi connectivity index (χ3n) is 8.91. The number of benzene rings is 3. The number of hydrogen-bond donors (Lipinski definition) is 1. The fraction of sp³-hybridized carbons (Fsp3) is 0.200. The second-order valence-corrected chi connectivity index (χ2v) is 12.1. The van der Waals surface area contributed by atoms with E-state index in [2.05, 4.69) is 15.9 Å². The number of amides is 2. The molecule has 214 valence electrons. The molecule has 0 saturated carbocycles. The molecule has 1 fully saturated rings. The summed E-state index contributed by atoms with van der Waals surface area (Å²) >= 11 is 3.25. The van der Waals surface area contributed by atoms with Gasteiger partial charge in [-0.05, 0) is 58.5 Å². The van der Waals surface area contributed by atoms with Crippen molar-refractivity contribution in [3.8, 4) is 11.5 Å². The van der Waals surface area contributed by atoms with Gasteiger partial charge in [0, 0.05) is 34.8 Å². The summed E-state index contributed by atoms with van der Waals surface area (Å²) in [4.78, 5) is 55.7. The summed E-state index contributed by atoms with van der Waals surface area (Å²) in [6.45, 7) is 0.314. The molecule has 0 radical (unpaired) electrons. The van der Waals surface area contributed by atoms with Crippen molar-refractivity contribution < 1.29 is 29.0 Å². The fourth-order valence-corrected chi connectivity index (χ4v) is 7.44. The summed E-state index contributed by atoms with van der Waals surface area (Å²) in [5, 5.41) is 11.3. The summed E-state index contributed by atoms with van der Waals surface area (Å²) in [5.41, 5.74) is 3.32. The van der Waals surface area contributed by atoms with E-state index in [9.17, 15) is 24.3 Å². The standard InChI is InChI=1S/C35H26BrNO6/c36-27-17-29(39)32-26(33(27)40)16-25-22(13-14-24-31(25)35(42)37(34(24)41)20-9-5-2-6-10-20)30(32)23-12-11-21(15-28(23)38)43-18-19-7-3-1-4-8-19/h1-13,15,17,24-25,30-31,38H,14,16,18H2/t24-,25+,30+,31-/m0/s1. The maximum Gasteiger partial charge on any atom is 0.238 e. The molecule has 1 N–H and O–H groups in total. The van der Waals surface area contributed by atoms with E-state index in [0.29, 0.717) is 41.2 Å². The lowest BCUT2D eigenvalue weighted by atomic mass is 9.59. The number of phenols is 1. The van der Waals surface area contributed by atoms with E-state index >= 15 is 0 Å². The second kappa shape index (κ2) is 10.6. The number of nitrogens with zero attached hydrogens (tertiary/aromatic N) is 1. The monoisotopic (exact) mass is 635 g/mol. The molecule has 4 aliphatic rings. The number of carbonyl (C=O) groups excluding carboxylic acids is 4. The summed E-state index contributed by atoms with van der Waals surface area (Å²) in [5.74, 6) is -3.34. The van der Waals surface area contributed by atoms with Gasteiger partial charge >= 0.3 is 0 Å². The fourth-order valence-electron chi connectivity index (χ4n) is 6.99. The van der Waals surface area contributed by atoms with E-state index in [-0.39, 0.29) is 40.0 Å². The number of imide groups is 1. The molecule has 0 aromatic heterocycles. The first-order valence-corrected chi connectivity index (χ1v) is 14.9. The first kappa shape index (κ1) is 27.3. The van der Waals surface area contributed by atoms with E-state index in [4.69, 9.17) is 4.74 Å². The molecule has 7 rings (SSSR count). The van der Waals surface area contributed by atoms with Crippen LogP contribution in [-0.4, -0.2) is 28.5 Å². The number of phenolic OH excluding ortho intramolecular Hbond substituents is 1. The molecular formula is C35H26BrNO6. The highest BCUT2D eigenvalue weighted by Crippen LogP contribution is 2.56. The first-order chi connectivity index (χ1) is 20.8. The van der Waals surface area contributed by atoms with Crippen molar-refractivity contribution in [3.05, 3.63) is 123 Å². The number of carbonyl (C=O) groups is 4. The molecule has 8 heteroatoms. The molecule has 0 bridgehead atoms. The van der Waals surface area contributed by atoms with Gasteiger partial charge in [-0.2, -0.15) is 0 Å². The van der Waals surface area contributed by atoms with Crippen molar-refractivity contribution in [2.24, 2.45) is 17.8 Å². The van der Waals surface area contributed by atoms with Gasteiger partial charge in [0.05, 0.1) is 22.0 Å². The Balaban J connectivity index is 1.29. The van der Waals surface area contributed by atoms with Gasteiger partial charge in [-0.25, -0.2) is 0 Å². The minimum atomic E-state index is -0.750. The predicted octanol–water partition coefficient (Wildman–Crippen LogP) is 5.94. The van der Waals surface area contributed by atoms with Crippen LogP contribution in [0.5, 0.6) is 11.5 Å². The maximum atomic E-state index is 13.9. The smallest absolute Gasteiger partial charge is 0.238 e. The largest absolute Gasteiger partial charge is 0.507 e. The number of aromatic hydroxyl groups is 1. The summed E-state index contributed by atoms with van der Waals surface area (Å²) in [6, 6.07) is 23.4. The van der Waals surface area contributed by atoms with Crippen LogP contribution in [0.2, 0.25) is 0 Å². The lowest BCUT2D eigenvalue weighted by Crippen LogP contribution is -2.39. The summed E-state index contributed by atoms with van der Waals surface area (Å²) < 4.78 is 6.06. The minimum absolute atomic E-state index is 0.0836. The molecule has 1 heterocycles. The quantitative estimate of drug-likeness (QED) is 0.212. The number of Topliss-reactive ketones (excluding diaryl/α,β-unsaturated/α-hetero) is 1. The molecule has 1 aliphatic heterocycles. The Morgan fingerprint density at radius 2 is 1.60 bits per heavy atom. The van der Waals surface area contributed by atoms with Gasteiger partial charge in [-0.1, -0.05) is 66.2 Å². The van der Waals surface area contributed by atoms with Crippen molar-refractivity contribution in [2.45, 2.75) is 25.4 Å². The molecule has 3 aromatic rings. The Hall–Kier alpha value is -4.56. The topological polar surface area (TPSA) is 101 Å². The average Bonchev–Trinajstić information content (AvgIpc) is 3.28. The SMILES string of the molecule is O=C1C=C(Br)C(=O)C2=C1[C@@H](c1ccc(OCc3ccccc3)cc1O)C1=CC[C@@H]3C(=O)N(c4ccccc4)C(=O)[C@@H]3[C@@H]1C2. The second-order valence-electron chi connectivity index (χ2n) is 11.2. The zero-order valence-corrected chi connectivity index (χ0v) is 24.5. The highest BCUT2D eigenvalue weighted by molar-refractivity contribution is 9.12. The number of ketones is 2. The highest BCUT2D eigenvalue weighted by atomic mass is 79.9. The van der Waals surface area contributed by atoms with Gasteiger partial charge in [-0.3, -0.25) is 24.1 Å². The number of halogens is 1. The van der Waals surface area contributed by atoms with Crippen LogP contribution in [0.4, 0.5) is 5.69 Å². The van der Waals surface area contributed by atoms with Gasteiger partial charge in [0.25, 0.3) is 0 Å². The van der Waals surface area contributed by atoms with E-state index in [0.717, 1.165) is 11.1 Å². The minimum Gasteiger partial charge on any atom is -0.507 e. The number of para-hydroxylation sites is 1. The molecule has 3 aromatic carbocycles. The van der Waals surface area contributed by atoms with Crippen LogP contribution in [-0.2, 0) is 25.8 Å². The van der Waals surface area contributed by atoms with Crippen molar-refractivity contribution in [1.82, 2.24) is 0 Å². The van der Waals surface area contributed by atoms with Crippen molar-refractivity contribution in [1.29, 1.82) is 0 Å². The van der Waals surface area contributed by atoms with Gasteiger partial charge in [0.2, 0.25) is 11.8 Å². The molecule has 0 spiro atoms. The molecule has 7 nitrogen and oxygen atoms in total. The van der Waals surface area contributed by atoms with Crippen LogP contribution in [0, 0.1) is 17.8 Å². The predicted molar refractivity (Wildman–Crippen MR) is 162 cm³/mol. The Morgan fingerprint density at radius 3 is 2.33 bits per heavy atom. The van der Waals surface area contributed by atoms with Crippen LogP contribution >= 0.6 is 15.9 Å². The van der Waals surface area contributed by atoms with Gasteiger partial charge < -0.3 is 9.84 Å². The summed E-state index contributed by atoms with van der Waals surface area (Å²) in [6.07, 6.45) is 3.69. The van der Waals surface area contributed by atoms with Crippen LogP contribution in [0.3, 0.4) is 0 Å². The molecule has 2 amide bonds. The van der Waals surface area contributed by atoms with Gasteiger partial charge in [0.15, 0.2) is 11.6 Å². The number of hydrogen-bond acceptors (Lipinski definition) is 6. The van der Waals surface area contributed by atoms with E-state index < -0.39 is 23.7 Å². The van der Waals surface area contributed by atoms with Crippen molar-refractivity contribution >= 4 is 45.0 Å². The van der Waals surface area contributed by atoms with Crippen LogP contribution in [0.25, 0.3) is 0 Å². The Kier molecular flexibility index (Phi) is 6.73. The van der Waals surface area contributed by atoms with Crippen LogP contribution in [0.15, 0.2) is 112 Å². The van der Waals surface area contributed by atoms with Gasteiger partial charge in [0.1, 0.15) is 18.1 Å². The van der Waals surface area contributed by atoms with E-state index in [1.807, 2.05) is 42.5 Å². The zero-order chi connectivity index (χ0) is 29.8. The molecular weight excluding hydrogens is 610 g/mol. The van der Waals surface area contributed by atoms with Crippen LogP contribution in [0.1, 0.15) is 29.9 Å². The molecule has 1 saturated heterocycles. The number of ether oxygens (including phenoxy) is 1. The van der Waals surface area contributed by atoms with Crippen molar-refractivity contribution in [3.63, 3.8) is 0 Å². The first-order valence-electron chi connectivity index (χ1n) is 14.1.